The lowest BCUT2D eigenvalue weighted by Gasteiger charge is -2.60. The number of amides is 1. The van der Waals surface area contributed by atoms with Crippen LogP contribution < -0.4 is 0 Å². The van der Waals surface area contributed by atoms with E-state index in [2.05, 4.69) is 0 Å². The van der Waals surface area contributed by atoms with Gasteiger partial charge >= 0.3 is 5.97 Å². The summed E-state index contributed by atoms with van der Waals surface area (Å²) in [5.41, 5.74) is 1.14. The van der Waals surface area contributed by atoms with Crippen LogP contribution in [-0.4, -0.2) is 47.7 Å². The Hall–Kier alpha value is -1.82. The Kier molecular flexibility index (Phi) is 5.42. The van der Waals surface area contributed by atoms with E-state index >= 15 is 0 Å². The average Bonchev–Trinajstić information content (AvgIpc) is 2.97. The molecular formula is C20H29NO5. The van der Waals surface area contributed by atoms with Gasteiger partial charge in [-0.3, -0.25) is 9.59 Å². The van der Waals surface area contributed by atoms with Crippen molar-refractivity contribution in [3.8, 4) is 0 Å². The Bertz CT molecular complexity index is 674. The summed E-state index contributed by atoms with van der Waals surface area (Å²) in [6, 6.07) is 0.138. The maximum absolute atomic E-state index is 13.2. The number of ether oxygens (including phenoxy) is 1. The van der Waals surface area contributed by atoms with E-state index in [1.54, 1.807) is 6.92 Å². The standard InChI is InChI=1S/C20H29NO5/c1-4-25-16-11-15(20(16)8-6-5-7-9-20)21(3)19(24)18-13(2)12-26-14(18)10-17(22)23/h12,15-16H,4-11H2,1-3H3,(H,22,23). The van der Waals surface area contributed by atoms with Crippen molar-refractivity contribution in [3.63, 3.8) is 0 Å². The van der Waals surface area contributed by atoms with Crippen LogP contribution in [-0.2, 0) is 16.0 Å². The number of aliphatic carboxylic acids is 1. The number of carboxylic acid groups (broad SMARTS) is 1. The second-order valence-corrected chi connectivity index (χ2v) is 7.69. The summed E-state index contributed by atoms with van der Waals surface area (Å²) >= 11 is 0. The maximum atomic E-state index is 13.2. The van der Waals surface area contributed by atoms with E-state index in [9.17, 15) is 9.59 Å². The molecule has 2 saturated carbocycles. The summed E-state index contributed by atoms with van der Waals surface area (Å²) in [6.45, 7) is 4.50. The fourth-order valence-corrected chi connectivity index (χ4v) is 4.94. The highest BCUT2D eigenvalue weighted by molar-refractivity contribution is 5.97. The SMILES string of the molecule is CCOC1CC(N(C)C(=O)c2c(C)coc2CC(=O)O)C12CCCCC2. The van der Waals surface area contributed by atoms with E-state index < -0.39 is 5.97 Å². The lowest BCUT2D eigenvalue weighted by Crippen LogP contribution is -2.65. The highest BCUT2D eigenvalue weighted by Gasteiger charge is 2.58. The van der Waals surface area contributed by atoms with E-state index in [-0.39, 0.29) is 35.6 Å². The van der Waals surface area contributed by atoms with Gasteiger partial charge in [0, 0.05) is 30.7 Å². The summed E-state index contributed by atoms with van der Waals surface area (Å²) in [7, 11) is 1.84. The van der Waals surface area contributed by atoms with Crippen molar-refractivity contribution < 1.29 is 23.8 Å². The van der Waals surface area contributed by atoms with Gasteiger partial charge in [0.05, 0.1) is 17.9 Å². The molecule has 2 atom stereocenters. The summed E-state index contributed by atoms with van der Waals surface area (Å²) in [6.07, 6.45) is 8.04. The molecule has 1 amide bonds. The van der Waals surface area contributed by atoms with Gasteiger partial charge in [-0.2, -0.15) is 0 Å². The number of hydrogen-bond donors (Lipinski definition) is 1. The molecule has 0 aromatic carbocycles. The number of nitrogens with zero attached hydrogens (tertiary/aromatic N) is 1. The van der Waals surface area contributed by atoms with E-state index in [0.29, 0.717) is 17.7 Å². The van der Waals surface area contributed by atoms with Crippen molar-refractivity contribution in [2.75, 3.05) is 13.7 Å². The number of furan rings is 1. The Morgan fingerprint density at radius 1 is 1.35 bits per heavy atom. The molecule has 26 heavy (non-hydrogen) atoms. The number of carbonyl (C=O) groups is 2. The van der Waals surface area contributed by atoms with Gasteiger partial charge in [0.2, 0.25) is 0 Å². The Labute approximate surface area is 154 Å². The lowest BCUT2D eigenvalue weighted by molar-refractivity contribution is -0.170. The van der Waals surface area contributed by atoms with Gasteiger partial charge in [-0.25, -0.2) is 0 Å². The molecule has 0 bridgehead atoms. The van der Waals surface area contributed by atoms with Crippen LogP contribution >= 0.6 is 0 Å². The minimum Gasteiger partial charge on any atom is -0.481 e. The van der Waals surface area contributed by atoms with E-state index in [1.807, 2.05) is 18.9 Å². The van der Waals surface area contributed by atoms with Crippen LogP contribution in [0.5, 0.6) is 0 Å². The molecule has 0 radical (unpaired) electrons. The maximum Gasteiger partial charge on any atom is 0.311 e. The van der Waals surface area contributed by atoms with Crippen molar-refractivity contribution in [3.05, 3.63) is 23.2 Å². The van der Waals surface area contributed by atoms with Gasteiger partial charge in [-0.15, -0.1) is 0 Å². The van der Waals surface area contributed by atoms with Gasteiger partial charge in [0.15, 0.2) is 0 Å². The number of carboxylic acids is 1. The third-order valence-corrected chi connectivity index (χ3v) is 6.26. The first-order chi connectivity index (χ1) is 12.4. The van der Waals surface area contributed by atoms with Crippen LogP contribution in [0.4, 0.5) is 0 Å². The van der Waals surface area contributed by atoms with Gasteiger partial charge in [0.1, 0.15) is 12.2 Å². The predicted octanol–water partition coefficient (Wildman–Crippen LogP) is 3.42. The Balaban J connectivity index is 1.83. The quantitative estimate of drug-likeness (QED) is 0.838. The number of aryl methyl sites for hydroxylation is 1. The second-order valence-electron chi connectivity index (χ2n) is 7.69. The van der Waals surface area contributed by atoms with E-state index in [0.717, 1.165) is 19.3 Å². The normalized spacial score (nSPS) is 24.3. The molecule has 1 aromatic rings. The van der Waals surface area contributed by atoms with Gasteiger partial charge in [-0.1, -0.05) is 19.3 Å². The first-order valence-electron chi connectivity index (χ1n) is 9.58. The average molecular weight is 363 g/mol. The molecule has 1 N–H and O–H groups in total. The van der Waals surface area contributed by atoms with Crippen LogP contribution in [0.15, 0.2) is 10.7 Å². The van der Waals surface area contributed by atoms with Crippen molar-refractivity contribution in [1.29, 1.82) is 0 Å². The highest BCUT2D eigenvalue weighted by Crippen LogP contribution is 2.55. The molecule has 6 heteroatoms. The molecule has 6 nitrogen and oxygen atoms in total. The van der Waals surface area contributed by atoms with Crippen LogP contribution in [0.2, 0.25) is 0 Å². The molecule has 1 aromatic heterocycles. The second kappa shape index (κ2) is 7.43. The monoisotopic (exact) mass is 363 g/mol. The fraction of sp³-hybridized carbons (Fsp3) is 0.700. The first-order valence-corrected chi connectivity index (χ1v) is 9.58. The Morgan fingerprint density at radius 3 is 2.65 bits per heavy atom. The van der Waals surface area contributed by atoms with Gasteiger partial charge < -0.3 is 19.2 Å². The number of hydrogen-bond acceptors (Lipinski definition) is 4. The molecule has 144 valence electrons. The molecule has 2 fully saturated rings. The number of carbonyl (C=O) groups excluding carboxylic acids is 1. The smallest absolute Gasteiger partial charge is 0.311 e. The highest BCUT2D eigenvalue weighted by atomic mass is 16.5. The minimum atomic E-state index is -1.00. The summed E-state index contributed by atoms with van der Waals surface area (Å²) < 4.78 is 11.3. The molecular weight excluding hydrogens is 334 g/mol. The van der Waals surface area contributed by atoms with Gasteiger partial charge in [0.25, 0.3) is 5.91 Å². The summed E-state index contributed by atoms with van der Waals surface area (Å²) in [4.78, 5) is 26.1. The molecule has 2 unspecified atom stereocenters. The predicted molar refractivity (Wildman–Crippen MR) is 96.2 cm³/mol. The third-order valence-electron chi connectivity index (χ3n) is 6.26. The third kappa shape index (κ3) is 3.15. The summed E-state index contributed by atoms with van der Waals surface area (Å²) in [5, 5.41) is 9.08. The molecule has 1 spiro atoms. The van der Waals surface area contributed by atoms with E-state index in [4.69, 9.17) is 14.3 Å². The van der Waals surface area contributed by atoms with Gasteiger partial charge in [-0.05, 0) is 33.1 Å². The van der Waals surface area contributed by atoms with Crippen molar-refractivity contribution in [2.24, 2.45) is 5.41 Å². The van der Waals surface area contributed by atoms with E-state index in [1.165, 1.54) is 25.5 Å². The zero-order chi connectivity index (χ0) is 18.9. The van der Waals surface area contributed by atoms with Crippen LogP contribution in [0.1, 0.15) is 67.1 Å². The molecule has 2 aliphatic carbocycles. The van der Waals surface area contributed by atoms with Crippen LogP contribution in [0, 0.1) is 12.3 Å². The number of rotatable bonds is 6. The molecule has 1 heterocycles. The summed E-state index contributed by atoms with van der Waals surface area (Å²) in [5.74, 6) is -0.900. The lowest BCUT2D eigenvalue weighted by atomic mass is 9.54. The minimum absolute atomic E-state index is 0.0449. The van der Waals surface area contributed by atoms with Crippen LogP contribution in [0.3, 0.4) is 0 Å². The molecule has 0 saturated heterocycles. The molecule has 0 aliphatic heterocycles. The fourth-order valence-electron chi connectivity index (χ4n) is 4.94. The topological polar surface area (TPSA) is 80.0 Å². The van der Waals surface area contributed by atoms with Crippen molar-refractivity contribution in [1.82, 2.24) is 4.90 Å². The zero-order valence-electron chi connectivity index (χ0n) is 15.9. The molecule has 3 rings (SSSR count). The zero-order valence-corrected chi connectivity index (χ0v) is 15.9. The first kappa shape index (κ1) is 19.0. The van der Waals surface area contributed by atoms with Crippen molar-refractivity contribution in [2.45, 2.75) is 70.9 Å². The molecule has 2 aliphatic rings. The van der Waals surface area contributed by atoms with Crippen molar-refractivity contribution >= 4 is 11.9 Å². The largest absolute Gasteiger partial charge is 0.481 e. The van der Waals surface area contributed by atoms with Crippen LogP contribution in [0.25, 0.3) is 0 Å². The Morgan fingerprint density at radius 2 is 2.04 bits per heavy atom.